The van der Waals surface area contributed by atoms with Gasteiger partial charge in [-0.15, -0.1) is 0 Å². The largest absolute Gasteiger partial charge is 0.756 e. The standard InChI is InChI=1S/C90H146NO8P/c1-6-8-10-12-14-16-18-20-22-24-26-28-30-32-34-36-38-40-42-44-45-47-48-50-52-54-56-58-60-62-64-66-68-70-72-74-76-78-80-82-89(92)96-86-88(87-98-100(94,95)97-85-84-91(3,4)5)99-90(93)83-81-79-77-75-73-71-69-67-65-63-61-59-57-55-53-51-49-46-43-41-39-37-35-33-31-29-27-25-23-21-19-17-15-13-11-9-7-2/h8-11,14-17,20-23,26-29,32-35,38-41,46,49,53,55,59,61,65,67,71,73,88H,6-7,12-13,18-19,24-25,30-31,36-37,42-45,47-48,50-52,54,56-58,60,62-64,66,68-70,72,74-87H2,1-5H3/b10-8-,11-9-,16-14-,17-15-,22-20-,23-21-,28-26-,29-27-,34-32-,35-33-,40-38-,41-39-,49-46-,55-53-,61-59-,67-65-,73-71-. The number of esters is 2. The van der Waals surface area contributed by atoms with Gasteiger partial charge >= 0.3 is 11.9 Å². The second-order valence-electron chi connectivity index (χ2n) is 27.0. The van der Waals surface area contributed by atoms with E-state index < -0.39 is 32.5 Å². The molecule has 0 spiro atoms. The number of rotatable bonds is 71. The normalized spacial score (nSPS) is 14.2. The number of phosphoric acid groups is 1. The summed E-state index contributed by atoms with van der Waals surface area (Å²) in [5.74, 6) is -0.877. The average molecular weight is 1400 g/mol. The van der Waals surface area contributed by atoms with Crippen molar-refractivity contribution in [2.24, 2.45) is 0 Å². The second-order valence-corrected chi connectivity index (χ2v) is 28.4. The van der Waals surface area contributed by atoms with Gasteiger partial charge in [0.15, 0.2) is 6.10 Å². The lowest BCUT2D eigenvalue weighted by Crippen LogP contribution is -2.37. The Balaban J connectivity index is 4.09. The molecule has 0 radical (unpaired) electrons. The summed E-state index contributed by atoms with van der Waals surface area (Å²) in [6.45, 7) is 3.97. The molecule has 0 aliphatic rings. The Morgan fingerprint density at radius 2 is 0.540 bits per heavy atom. The summed E-state index contributed by atoms with van der Waals surface area (Å²) in [4.78, 5) is 38.2. The van der Waals surface area contributed by atoms with Crippen LogP contribution in [0.3, 0.4) is 0 Å². The van der Waals surface area contributed by atoms with Gasteiger partial charge < -0.3 is 27.9 Å². The third kappa shape index (κ3) is 81.6. The van der Waals surface area contributed by atoms with Crippen LogP contribution in [0.1, 0.15) is 296 Å². The van der Waals surface area contributed by atoms with Crippen molar-refractivity contribution >= 4 is 19.8 Å². The molecule has 0 aromatic carbocycles. The molecule has 0 saturated carbocycles. The Bertz CT molecular complexity index is 2450. The van der Waals surface area contributed by atoms with Crippen LogP contribution < -0.4 is 4.89 Å². The molecule has 10 heteroatoms. The number of unbranched alkanes of at least 4 members (excludes halogenated alkanes) is 23. The fraction of sp³-hybridized carbons (Fsp3) is 0.600. The summed E-state index contributed by atoms with van der Waals surface area (Å²) in [5, 5.41) is 0. The van der Waals surface area contributed by atoms with Crippen molar-refractivity contribution in [3.05, 3.63) is 207 Å². The number of nitrogens with zero attached hydrogens (tertiary/aromatic N) is 1. The molecule has 2 unspecified atom stereocenters. The van der Waals surface area contributed by atoms with Gasteiger partial charge in [0, 0.05) is 12.8 Å². The number of quaternary nitrogens is 1. The number of phosphoric ester groups is 1. The van der Waals surface area contributed by atoms with Gasteiger partial charge in [-0.25, -0.2) is 0 Å². The highest BCUT2D eigenvalue weighted by molar-refractivity contribution is 7.45. The first-order valence-corrected chi connectivity index (χ1v) is 41.3. The number of hydrogen-bond acceptors (Lipinski definition) is 8. The Labute approximate surface area is 615 Å². The highest BCUT2D eigenvalue weighted by Gasteiger charge is 2.22. The molecule has 100 heavy (non-hydrogen) atoms. The van der Waals surface area contributed by atoms with Crippen LogP contribution in [0, 0.1) is 0 Å². The fourth-order valence-electron chi connectivity index (χ4n) is 10.3. The van der Waals surface area contributed by atoms with Crippen molar-refractivity contribution in [3.63, 3.8) is 0 Å². The van der Waals surface area contributed by atoms with Crippen LogP contribution in [-0.2, 0) is 32.7 Å². The zero-order chi connectivity index (χ0) is 72.5. The van der Waals surface area contributed by atoms with Crippen LogP contribution in [0.15, 0.2) is 207 Å². The van der Waals surface area contributed by atoms with Crippen LogP contribution in [0.25, 0.3) is 0 Å². The lowest BCUT2D eigenvalue weighted by atomic mass is 10.0. The van der Waals surface area contributed by atoms with Crippen molar-refractivity contribution in [3.8, 4) is 0 Å². The molecular weight excluding hydrogens is 1250 g/mol. The molecule has 0 aromatic heterocycles. The Hall–Kier alpha value is -5.41. The third-order valence-corrected chi connectivity index (χ3v) is 17.3. The quantitative estimate of drug-likeness (QED) is 0.0195. The molecular formula is C90H146NO8P. The van der Waals surface area contributed by atoms with Crippen LogP contribution in [-0.4, -0.2) is 70.0 Å². The van der Waals surface area contributed by atoms with Crippen LogP contribution in [0.2, 0.25) is 0 Å². The van der Waals surface area contributed by atoms with E-state index in [1.165, 1.54) is 116 Å². The lowest BCUT2D eigenvalue weighted by Gasteiger charge is -2.28. The fourth-order valence-corrected chi connectivity index (χ4v) is 11.0. The molecule has 0 N–H and O–H groups in total. The van der Waals surface area contributed by atoms with Crippen LogP contribution in [0.4, 0.5) is 0 Å². The third-order valence-electron chi connectivity index (χ3n) is 16.3. The zero-order valence-corrected chi connectivity index (χ0v) is 65.2. The second kappa shape index (κ2) is 77.7. The maximum atomic E-state index is 12.9. The van der Waals surface area contributed by atoms with E-state index in [0.717, 1.165) is 148 Å². The number of hydrogen-bond donors (Lipinski definition) is 0. The molecule has 0 bridgehead atoms. The monoisotopic (exact) mass is 1400 g/mol. The molecule has 0 heterocycles. The molecule has 564 valence electrons. The number of ether oxygens (including phenoxy) is 2. The number of allylic oxidation sites excluding steroid dienone is 34. The van der Waals surface area contributed by atoms with E-state index in [-0.39, 0.29) is 26.1 Å². The van der Waals surface area contributed by atoms with Gasteiger partial charge in [-0.05, 0) is 148 Å². The van der Waals surface area contributed by atoms with E-state index in [1.54, 1.807) is 0 Å². The minimum absolute atomic E-state index is 0.0468. The van der Waals surface area contributed by atoms with Crippen molar-refractivity contribution in [2.75, 3.05) is 47.5 Å². The minimum Gasteiger partial charge on any atom is -0.756 e. The van der Waals surface area contributed by atoms with Crippen molar-refractivity contribution in [1.29, 1.82) is 0 Å². The molecule has 0 aromatic rings. The predicted octanol–water partition coefficient (Wildman–Crippen LogP) is 26.3. The maximum absolute atomic E-state index is 12.9. The lowest BCUT2D eigenvalue weighted by molar-refractivity contribution is -0.870. The molecule has 0 saturated heterocycles. The zero-order valence-electron chi connectivity index (χ0n) is 64.3. The predicted molar refractivity (Wildman–Crippen MR) is 433 cm³/mol. The highest BCUT2D eigenvalue weighted by Crippen LogP contribution is 2.38. The van der Waals surface area contributed by atoms with Gasteiger partial charge in [0.25, 0.3) is 7.82 Å². The first-order valence-electron chi connectivity index (χ1n) is 39.8. The maximum Gasteiger partial charge on any atom is 0.306 e. The van der Waals surface area contributed by atoms with E-state index in [2.05, 4.69) is 220 Å². The molecule has 9 nitrogen and oxygen atoms in total. The summed E-state index contributed by atoms with van der Waals surface area (Å²) in [7, 11) is 1.12. The van der Waals surface area contributed by atoms with Gasteiger partial charge in [0.1, 0.15) is 19.8 Å². The molecule has 0 rings (SSSR count). The molecule has 0 fully saturated rings. The highest BCUT2D eigenvalue weighted by atomic mass is 31.2. The van der Waals surface area contributed by atoms with Crippen molar-refractivity contribution in [1.82, 2.24) is 0 Å². The summed E-state index contributed by atoms with van der Waals surface area (Å²) >= 11 is 0. The van der Waals surface area contributed by atoms with Gasteiger partial charge in [-0.3, -0.25) is 14.2 Å². The Morgan fingerprint density at radius 1 is 0.310 bits per heavy atom. The first-order chi connectivity index (χ1) is 49.0. The van der Waals surface area contributed by atoms with E-state index in [0.29, 0.717) is 17.4 Å². The van der Waals surface area contributed by atoms with Crippen molar-refractivity contribution < 1.29 is 42.1 Å². The molecule has 2 atom stereocenters. The summed E-state index contributed by atoms with van der Waals surface area (Å²) in [6, 6.07) is 0. The van der Waals surface area contributed by atoms with Crippen LogP contribution in [0.5, 0.6) is 0 Å². The van der Waals surface area contributed by atoms with Crippen LogP contribution >= 0.6 is 7.82 Å². The Kier molecular flexibility index (Phi) is 73.5. The number of likely N-dealkylation sites (N-methyl/N-ethyl adjacent to an activating group) is 1. The summed E-state index contributed by atoms with van der Waals surface area (Å²) in [5.41, 5.74) is 0. The van der Waals surface area contributed by atoms with E-state index in [9.17, 15) is 19.0 Å². The van der Waals surface area contributed by atoms with Gasteiger partial charge in [0.05, 0.1) is 27.7 Å². The summed E-state index contributed by atoms with van der Waals surface area (Å²) in [6.07, 6.45) is 122. The van der Waals surface area contributed by atoms with Gasteiger partial charge in [-0.2, -0.15) is 0 Å². The minimum atomic E-state index is -4.67. The smallest absolute Gasteiger partial charge is 0.306 e. The Morgan fingerprint density at radius 3 is 0.810 bits per heavy atom. The first kappa shape index (κ1) is 94.6. The molecule has 0 aliphatic heterocycles. The number of carbonyl (C=O) groups is 2. The van der Waals surface area contributed by atoms with Crippen molar-refractivity contribution in [2.45, 2.75) is 302 Å². The van der Waals surface area contributed by atoms with E-state index >= 15 is 0 Å². The molecule has 0 aliphatic carbocycles. The van der Waals surface area contributed by atoms with E-state index in [1.807, 2.05) is 21.1 Å². The topological polar surface area (TPSA) is 111 Å². The van der Waals surface area contributed by atoms with E-state index in [4.69, 9.17) is 18.5 Å². The summed E-state index contributed by atoms with van der Waals surface area (Å²) < 4.78 is 34.3. The van der Waals surface area contributed by atoms with Gasteiger partial charge in [-0.1, -0.05) is 342 Å². The SMILES string of the molecule is CC/C=C\C/C=C\C/C=C\C/C=C\C/C=C\C/C=C\C/C=C\C/C=C\C/C=C\C/C=C\C/C=C\CCCCCC(=O)OC(COC(=O)CCCCCCCCCCCCCCCCCCCCCC/C=C\C/C=C\C/C=C\C/C=C\C/C=C\C/C=C\CC)COP(=O)([O-])OCC[N+](C)(C)C. The van der Waals surface area contributed by atoms with Gasteiger partial charge in [0.2, 0.25) is 0 Å². The number of carbonyl (C=O) groups excluding carboxylic acids is 2. The molecule has 0 amide bonds. The average Bonchev–Trinajstić information content (AvgIpc) is 1.02.